The maximum atomic E-state index is 6.70. The van der Waals surface area contributed by atoms with E-state index in [0.717, 1.165) is 44.5 Å². The fourth-order valence-electron chi connectivity index (χ4n) is 5.05. The number of anilines is 4. The lowest BCUT2D eigenvalue weighted by atomic mass is 9.65. The Balaban J connectivity index is 2.21. The summed E-state index contributed by atoms with van der Waals surface area (Å²) in [6, 6.07) is 15.8. The molecule has 198 valence electrons. The molecular weight excluding hydrogens is 558 g/mol. The zero-order chi connectivity index (χ0) is 28.1. The van der Waals surface area contributed by atoms with Crippen molar-refractivity contribution in [2.24, 2.45) is 0 Å². The quantitative estimate of drug-likeness (QED) is 0.139. The van der Waals surface area contributed by atoms with Gasteiger partial charge in [0.15, 0.2) is 0 Å². The molecule has 8 heteroatoms. The van der Waals surface area contributed by atoms with Gasteiger partial charge in [-0.2, -0.15) is 0 Å². The average Bonchev–Trinajstić information content (AvgIpc) is 2.85. The van der Waals surface area contributed by atoms with Crippen molar-refractivity contribution in [2.75, 3.05) is 22.9 Å². The molecule has 0 aliphatic carbocycles. The molecule has 0 saturated heterocycles. The molecule has 0 saturated carbocycles. The zero-order valence-electron chi connectivity index (χ0n) is 21.6. The minimum atomic E-state index is -0.835. The van der Waals surface area contributed by atoms with Crippen LogP contribution in [0.15, 0.2) is 48.5 Å². The molecule has 0 aliphatic heterocycles. The van der Waals surface area contributed by atoms with E-state index in [-0.39, 0.29) is 0 Å². The maximum absolute atomic E-state index is 6.70. The van der Waals surface area contributed by atoms with Gasteiger partial charge in [0.25, 0.3) is 0 Å². The first-order valence-electron chi connectivity index (χ1n) is 12.0. The van der Waals surface area contributed by atoms with Crippen LogP contribution in [0.2, 0.25) is 20.1 Å². The third kappa shape index (κ3) is 4.87. The molecule has 0 aliphatic rings. The fraction of sp³-hybridized carbons (Fsp3) is 0.200. The van der Waals surface area contributed by atoms with E-state index in [0.29, 0.717) is 49.3 Å². The number of hydrogen-bond donors (Lipinski definition) is 4. The lowest BCUT2D eigenvalue weighted by Crippen LogP contribution is -2.33. The highest BCUT2D eigenvalue weighted by Crippen LogP contribution is 2.48. The van der Waals surface area contributed by atoms with Crippen LogP contribution in [0, 0.1) is 27.7 Å². The molecule has 0 aromatic heterocycles. The predicted molar refractivity (Wildman–Crippen MR) is 166 cm³/mol. The van der Waals surface area contributed by atoms with Gasteiger partial charge in [0.2, 0.25) is 0 Å². The molecule has 0 radical (unpaired) electrons. The normalized spacial score (nSPS) is 11.7. The number of nitrogens with two attached hydrogens (primary N) is 4. The van der Waals surface area contributed by atoms with E-state index in [1.165, 1.54) is 0 Å². The van der Waals surface area contributed by atoms with Crippen LogP contribution < -0.4 is 22.9 Å². The smallest absolute Gasteiger partial charge is 0.0641 e. The third-order valence-electron chi connectivity index (χ3n) is 7.35. The van der Waals surface area contributed by atoms with Crippen molar-refractivity contribution < 1.29 is 0 Å². The van der Waals surface area contributed by atoms with E-state index in [2.05, 4.69) is 0 Å². The molecule has 38 heavy (non-hydrogen) atoms. The second kappa shape index (κ2) is 10.4. The highest BCUT2D eigenvalue weighted by Gasteiger charge is 2.39. The second-order valence-corrected chi connectivity index (χ2v) is 11.6. The van der Waals surface area contributed by atoms with Crippen molar-refractivity contribution in [3.63, 3.8) is 0 Å². The van der Waals surface area contributed by atoms with Gasteiger partial charge in [-0.3, -0.25) is 0 Å². The SMILES string of the molecule is Cc1cc(CC(c2cc(C)c(N)c(Cl)c2)(c2cc(C)c(N)c(Cl)c2)c2cc(C)c(N)c(Cl)c2)cc(Cl)c1N. The van der Waals surface area contributed by atoms with E-state index in [4.69, 9.17) is 69.3 Å². The monoisotopic (exact) mass is 586 g/mol. The fourth-order valence-corrected chi connectivity index (χ4v) is 6.13. The topological polar surface area (TPSA) is 104 Å². The zero-order valence-corrected chi connectivity index (χ0v) is 24.7. The third-order valence-corrected chi connectivity index (χ3v) is 8.60. The van der Waals surface area contributed by atoms with E-state index in [9.17, 15) is 0 Å². The summed E-state index contributed by atoms with van der Waals surface area (Å²) < 4.78 is 0. The van der Waals surface area contributed by atoms with E-state index >= 15 is 0 Å². The summed E-state index contributed by atoms with van der Waals surface area (Å²) in [5.41, 5.74) is 33.4. The Hall–Kier alpha value is -2.76. The number of halogens is 4. The first-order chi connectivity index (χ1) is 17.8. The highest BCUT2D eigenvalue weighted by atomic mass is 35.5. The number of rotatable bonds is 5. The number of hydrogen-bond acceptors (Lipinski definition) is 4. The Morgan fingerprint density at radius 3 is 1.05 bits per heavy atom. The van der Waals surface area contributed by atoms with Gasteiger partial charge in [-0.15, -0.1) is 0 Å². The van der Waals surface area contributed by atoms with Gasteiger partial charge in [0.1, 0.15) is 0 Å². The average molecular weight is 588 g/mol. The van der Waals surface area contributed by atoms with Crippen LogP contribution in [-0.4, -0.2) is 0 Å². The van der Waals surface area contributed by atoms with Crippen LogP contribution in [0.25, 0.3) is 0 Å². The van der Waals surface area contributed by atoms with Crippen molar-refractivity contribution in [1.82, 2.24) is 0 Å². The second-order valence-electron chi connectivity index (χ2n) is 9.96. The van der Waals surface area contributed by atoms with E-state index in [1.807, 2.05) is 76.2 Å². The summed E-state index contributed by atoms with van der Waals surface area (Å²) in [6.45, 7) is 7.73. The van der Waals surface area contributed by atoms with Crippen LogP contribution in [0.1, 0.15) is 44.5 Å². The molecule has 0 spiro atoms. The number of benzene rings is 4. The lowest BCUT2D eigenvalue weighted by molar-refractivity contribution is 0.611. The van der Waals surface area contributed by atoms with Gasteiger partial charge in [0.05, 0.1) is 42.8 Å². The minimum absolute atomic E-state index is 0.451. The van der Waals surface area contributed by atoms with Crippen LogP contribution >= 0.6 is 46.4 Å². The Bertz CT molecular complexity index is 1350. The van der Waals surface area contributed by atoms with Crippen LogP contribution in [0.3, 0.4) is 0 Å². The van der Waals surface area contributed by atoms with Crippen molar-refractivity contribution >= 4 is 69.2 Å². The molecule has 0 fully saturated rings. The standard InChI is InChI=1S/C30H30Cl4N4/c1-14-5-18(9-22(31)26(14)35)13-30(19-6-15(2)27(36)23(32)10-19,20-7-16(3)28(37)24(33)11-20)21-8-17(4)29(38)25(34)12-21/h5-12H,13,35-38H2,1-4H3. The van der Waals surface area contributed by atoms with Crippen LogP contribution in [0.4, 0.5) is 22.7 Å². The van der Waals surface area contributed by atoms with Crippen molar-refractivity contribution in [2.45, 2.75) is 39.5 Å². The predicted octanol–water partition coefficient (Wildman–Crippen LogP) is 8.44. The van der Waals surface area contributed by atoms with Gasteiger partial charge < -0.3 is 22.9 Å². The Labute approximate surface area is 243 Å². The molecule has 4 rings (SSSR count). The maximum Gasteiger partial charge on any atom is 0.0641 e. The molecule has 0 unspecified atom stereocenters. The molecule has 0 atom stereocenters. The first-order valence-corrected chi connectivity index (χ1v) is 13.5. The summed E-state index contributed by atoms with van der Waals surface area (Å²) in [6.07, 6.45) is 0.479. The van der Waals surface area contributed by atoms with Crippen LogP contribution in [0.5, 0.6) is 0 Å². The summed E-state index contributed by atoms with van der Waals surface area (Å²) in [5.74, 6) is 0. The molecule has 0 heterocycles. The van der Waals surface area contributed by atoms with Crippen molar-refractivity contribution in [3.8, 4) is 0 Å². The van der Waals surface area contributed by atoms with Gasteiger partial charge in [-0.05, 0) is 103 Å². The number of aryl methyl sites for hydroxylation is 4. The largest absolute Gasteiger partial charge is 0.397 e. The minimum Gasteiger partial charge on any atom is -0.397 e. The van der Waals surface area contributed by atoms with Crippen molar-refractivity contribution in [3.05, 3.63) is 113 Å². The van der Waals surface area contributed by atoms with Crippen molar-refractivity contribution in [1.29, 1.82) is 0 Å². The Kier molecular flexibility index (Phi) is 7.75. The molecular formula is C30H30Cl4N4. The molecule has 0 bridgehead atoms. The Morgan fingerprint density at radius 1 is 0.474 bits per heavy atom. The van der Waals surface area contributed by atoms with Gasteiger partial charge in [-0.25, -0.2) is 0 Å². The Morgan fingerprint density at radius 2 is 0.763 bits per heavy atom. The first kappa shape index (κ1) is 28.3. The van der Waals surface area contributed by atoms with Crippen LogP contribution in [-0.2, 0) is 11.8 Å². The highest BCUT2D eigenvalue weighted by molar-refractivity contribution is 6.34. The van der Waals surface area contributed by atoms with E-state index in [1.54, 1.807) is 0 Å². The van der Waals surface area contributed by atoms with E-state index < -0.39 is 5.41 Å². The summed E-state index contributed by atoms with van der Waals surface area (Å²) in [7, 11) is 0. The van der Waals surface area contributed by atoms with Gasteiger partial charge in [-0.1, -0.05) is 70.7 Å². The summed E-state index contributed by atoms with van der Waals surface area (Å²) in [4.78, 5) is 0. The van der Waals surface area contributed by atoms with Gasteiger partial charge in [0, 0.05) is 5.41 Å². The summed E-state index contributed by atoms with van der Waals surface area (Å²) >= 11 is 26.6. The van der Waals surface area contributed by atoms with Gasteiger partial charge >= 0.3 is 0 Å². The lowest BCUT2D eigenvalue weighted by Gasteiger charge is -2.38. The molecule has 0 amide bonds. The molecule has 4 aromatic rings. The molecule has 8 N–H and O–H groups in total. The number of nitrogen functional groups attached to an aromatic ring is 4. The summed E-state index contributed by atoms with van der Waals surface area (Å²) in [5, 5.41) is 1.84. The molecule has 4 aromatic carbocycles. The molecule has 4 nitrogen and oxygen atoms in total.